The maximum absolute atomic E-state index is 12.3. The van der Waals surface area contributed by atoms with Crippen LogP contribution in [0.3, 0.4) is 0 Å². The molecule has 2 aromatic carbocycles. The molecule has 0 spiro atoms. The van der Waals surface area contributed by atoms with Crippen LogP contribution >= 0.6 is 11.3 Å². The Morgan fingerprint density at radius 1 is 1.03 bits per heavy atom. The van der Waals surface area contributed by atoms with Crippen LogP contribution < -0.4 is 16.3 Å². The molecule has 4 aromatic rings. The lowest BCUT2D eigenvalue weighted by Gasteiger charge is -2.04. The van der Waals surface area contributed by atoms with Crippen LogP contribution in [0.4, 0.5) is 10.8 Å². The minimum Gasteiger partial charge on any atom is -0.421 e. The lowest BCUT2D eigenvalue weighted by Crippen LogP contribution is -2.19. The fraction of sp³-hybridized carbons (Fsp3) is 0.0435. The minimum absolute atomic E-state index is 0.0432. The van der Waals surface area contributed by atoms with Crippen LogP contribution in [-0.2, 0) is 16.0 Å². The van der Waals surface area contributed by atoms with Gasteiger partial charge in [0, 0.05) is 16.8 Å². The van der Waals surface area contributed by atoms with E-state index in [1.165, 1.54) is 17.4 Å². The van der Waals surface area contributed by atoms with Crippen molar-refractivity contribution < 1.29 is 14.0 Å². The van der Waals surface area contributed by atoms with Crippen molar-refractivity contribution in [3.8, 4) is 0 Å². The fourth-order valence-corrected chi connectivity index (χ4v) is 3.55. The van der Waals surface area contributed by atoms with Gasteiger partial charge < -0.3 is 9.73 Å². The number of benzene rings is 2. The number of nitrogens with one attached hydrogen (secondary N) is 2. The smallest absolute Gasteiger partial charge is 0.360 e. The molecule has 8 heteroatoms. The predicted octanol–water partition coefficient (Wildman–Crippen LogP) is 4.08. The second-order valence-electron chi connectivity index (χ2n) is 6.59. The topological polar surface area (TPSA) is 101 Å². The number of carbonyl (C=O) groups is 2. The summed E-state index contributed by atoms with van der Waals surface area (Å²) in [6, 6.07) is 18.1. The first-order valence-corrected chi connectivity index (χ1v) is 10.3. The number of thiazole rings is 1. The zero-order valence-electron chi connectivity index (χ0n) is 16.2. The lowest BCUT2D eigenvalue weighted by atomic mass is 10.2. The Kier molecular flexibility index (Phi) is 6.00. The Morgan fingerprint density at radius 3 is 2.65 bits per heavy atom. The molecular formula is C23H17N3O4S. The van der Waals surface area contributed by atoms with Crippen LogP contribution in [0.5, 0.6) is 0 Å². The molecule has 0 aliphatic rings. The second kappa shape index (κ2) is 9.19. The normalized spacial score (nSPS) is 11.0. The van der Waals surface area contributed by atoms with Gasteiger partial charge in [-0.25, -0.2) is 9.78 Å². The zero-order valence-corrected chi connectivity index (χ0v) is 17.0. The minimum atomic E-state index is -0.622. The van der Waals surface area contributed by atoms with Crippen molar-refractivity contribution in [2.24, 2.45) is 0 Å². The first kappa shape index (κ1) is 20.2. The van der Waals surface area contributed by atoms with Crippen molar-refractivity contribution >= 4 is 51.0 Å². The molecule has 0 bridgehead atoms. The predicted molar refractivity (Wildman–Crippen MR) is 121 cm³/mol. The van der Waals surface area contributed by atoms with E-state index in [2.05, 4.69) is 15.6 Å². The van der Waals surface area contributed by atoms with Crippen molar-refractivity contribution in [2.45, 2.75) is 6.42 Å². The van der Waals surface area contributed by atoms with Crippen molar-refractivity contribution in [1.82, 2.24) is 4.98 Å². The molecule has 0 unspecified atom stereocenters. The van der Waals surface area contributed by atoms with Gasteiger partial charge in [-0.05, 0) is 23.8 Å². The Morgan fingerprint density at radius 2 is 1.81 bits per heavy atom. The number of carbonyl (C=O) groups excluding carboxylic acids is 2. The Hall–Kier alpha value is -4.04. The van der Waals surface area contributed by atoms with Crippen molar-refractivity contribution in [1.29, 1.82) is 0 Å². The molecule has 0 saturated heterocycles. The third-order valence-corrected chi connectivity index (χ3v) is 5.07. The molecule has 0 radical (unpaired) electrons. The number of nitrogens with zero attached hydrogens (tertiary/aromatic N) is 1. The van der Waals surface area contributed by atoms with E-state index < -0.39 is 11.5 Å². The van der Waals surface area contributed by atoms with Gasteiger partial charge >= 0.3 is 5.63 Å². The highest BCUT2D eigenvalue weighted by Gasteiger charge is 2.12. The fourth-order valence-electron chi connectivity index (χ4n) is 2.84. The second-order valence-corrected chi connectivity index (χ2v) is 7.45. The van der Waals surface area contributed by atoms with Gasteiger partial charge in [-0.2, -0.15) is 0 Å². The molecule has 0 saturated carbocycles. The van der Waals surface area contributed by atoms with Gasteiger partial charge in [0.15, 0.2) is 5.13 Å². The van der Waals surface area contributed by atoms with Gasteiger partial charge in [0.1, 0.15) is 11.3 Å². The molecule has 0 aliphatic heterocycles. The molecular weight excluding hydrogens is 414 g/mol. The summed E-state index contributed by atoms with van der Waals surface area (Å²) in [6.45, 7) is 0. The van der Waals surface area contributed by atoms with Crippen LogP contribution in [0.1, 0.15) is 11.3 Å². The lowest BCUT2D eigenvalue weighted by molar-refractivity contribution is -0.115. The van der Waals surface area contributed by atoms with E-state index in [1.54, 1.807) is 35.7 Å². The van der Waals surface area contributed by atoms with Crippen LogP contribution in [0, 0.1) is 0 Å². The summed E-state index contributed by atoms with van der Waals surface area (Å²) < 4.78 is 5.21. The van der Waals surface area contributed by atoms with Crippen molar-refractivity contribution in [3.05, 3.63) is 93.8 Å². The number of fused-ring (bicyclic) bond motifs is 1. The number of para-hydroxylation sites is 1. The molecule has 0 aliphatic carbocycles. The van der Waals surface area contributed by atoms with Crippen LogP contribution in [0.25, 0.3) is 17.0 Å². The first-order valence-electron chi connectivity index (χ1n) is 9.38. The molecule has 7 nitrogen and oxygen atoms in total. The van der Waals surface area contributed by atoms with Crippen LogP contribution in [0.2, 0.25) is 0 Å². The summed E-state index contributed by atoms with van der Waals surface area (Å²) >= 11 is 1.22. The summed E-state index contributed by atoms with van der Waals surface area (Å²) in [4.78, 5) is 40.7. The van der Waals surface area contributed by atoms with Crippen LogP contribution in [0.15, 0.2) is 81.3 Å². The van der Waals surface area contributed by atoms with Gasteiger partial charge in [0.05, 0.1) is 12.1 Å². The zero-order chi connectivity index (χ0) is 21.6. The van der Waals surface area contributed by atoms with Crippen molar-refractivity contribution in [2.75, 3.05) is 10.6 Å². The molecule has 0 fully saturated rings. The van der Waals surface area contributed by atoms with Gasteiger partial charge in [-0.3, -0.25) is 14.9 Å². The molecule has 2 N–H and O–H groups in total. The number of hydrogen-bond acceptors (Lipinski definition) is 6. The molecule has 2 amide bonds. The average molecular weight is 431 g/mol. The summed E-state index contributed by atoms with van der Waals surface area (Å²) in [7, 11) is 0. The average Bonchev–Trinajstić information content (AvgIpc) is 3.20. The highest BCUT2D eigenvalue weighted by Crippen LogP contribution is 2.18. The van der Waals surface area contributed by atoms with Gasteiger partial charge in [-0.1, -0.05) is 48.5 Å². The molecule has 4 rings (SSSR count). The van der Waals surface area contributed by atoms with Crippen molar-refractivity contribution in [3.63, 3.8) is 0 Å². The Balaban J connectivity index is 1.36. The SMILES string of the molecule is O=C(/C=C/c1ccccc1)Nc1nc(CC(=O)Nc2cc3ccccc3oc2=O)cs1. The maximum atomic E-state index is 12.3. The largest absolute Gasteiger partial charge is 0.421 e. The van der Waals surface area contributed by atoms with Gasteiger partial charge in [0.2, 0.25) is 11.8 Å². The number of hydrogen-bond donors (Lipinski definition) is 2. The van der Waals surface area contributed by atoms with E-state index in [1.807, 2.05) is 36.4 Å². The van der Waals surface area contributed by atoms with E-state index in [0.29, 0.717) is 21.8 Å². The summed E-state index contributed by atoms with van der Waals surface area (Å²) in [5, 5.41) is 8.00. The van der Waals surface area contributed by atoms with E-state index in [9.17, 15) is 14.4 Å². The summed E-state index contributed by atoms with van der Waals surface area (Å²) in [6.07, 6.45) is 3.08. The van der Waals surface area contributed by atoms with E-state index in [4.69, 9.17) is 4.42 Å². The Labute approximate surface area is 181 Å². The maximum Gasteiger partial charge on any atom is 0.360 e. The first-order chi connectivity index (χ1) is 15.1. The van der Waals surface area contributed by atoms with E-state index >= 15 is 0 Å². The molecule has 31 heavy (non-hydrogen) atoms. The number of anilines is 2. The van der Waals surface area contributed by atoms with Crippen LogP contribution in [-0.4, -0.2) is 16.8 Å². The number of rotatable bonds is 6. The third kappa shape index (κ3) is 5.31. The molecule has 2 aromatic heterocycles. The Bertz CT molecular complexity index is 1330. The summed E-state index contributed by atoms with van der Waals surface area (Å²) in [5.74, 6) is -0.724. The highest BCUT2D eigenvalue weighted by atomic mass is 32.1. The van der Waals surface area contributed by atoms with E-state index in [-0.39, 0.29) is 18.0 Å². The quantitative estimate of drug-likeness (QED) is 0.354. The van der Waals surface area contributed by atoms with Gasteiger partial charge in [0.25, 0.3) is 0 Å². The highest BCUT2D eigenvalue weighted by molar-refractivity contribution is 7.14. The molecule has 0 atom stereocenters. The molecule has 2 heterocycles. The summed E-state index contributed by atoms with van der Waals surface area (Å²) in [5.41, 5.74) is 1.29. The van der Waals surface area contributed by atoms with E-state index in [0.717, 1.165) is 5.56 Å². The standard InChI is InChI=1S/C23H17N3O4S/c27-20(11-10-15-6-2-1-3-7-15)26-23-24-17(14-31-23)13-21(28)25-18-12-16-8-4-5-9-19(16)30-22(18)29/h1-12,14H,13H2,(H,25,28)(H,24,26,27)/b11-10+. The number of aromatic nitrogens is 1. The monoisotopic (exact) mass is 431 g/mol. The van der Waals surface area contributed by atoms with Gasteiger partial charge in [-0.15, -0.1) is 11.3 Å². The number of amides is 2. The third-order valence-electron chi connectivity index (χ3n) is 4.27. The molecule has 154 valence electrons.